The molecule has 0 aliphatic carbocycles. The number of rotatable bonds is 3. The van der Waals surface area contributed by atoms with Crippen LogP contribution < -0.4 is 10.5 Å². The van der Waals surface area contributed by atoms with E-state index in [1.165, 1.54) is 4.57 Å². The van der Waals surface area contributed by atoms with Gasteiger partial charge in [-0.2, -0.15) is 0 Å². The smallest absolute Gasteiger partial charge is 0.296 e. The minimum atomic E-state index is -3.25. The third-order valence-corrected chi connectivity index (χ3v) is 3.53. The van der Waals surface area contributed by atoms with E-state index in [4.69, 9.17) is 0 Å². The summed E-state index contributed by atoms with van der Waals surface area (Å²) in [6, 6.07) is -0.207. The molecule has 1 unspecified atom stereocenters. The molecule has 0 saturated carbocycles. The monoisotopic (exact) mass is 261 g/mol. The van der Waals surface area contributed by atoms with Crippen LogP contribution in [0.3, 0.4) is 0 Å². The topological polar surface area (TPSA) is 94.2 Å². The normalized spacial score (nSPS) is 20.9. The summed E-state index contributed by atoms with van der Waals surface area (Å²) >= 11 is 0. The summed E-state index contributed by atoms with van der Waals surface area (Å²) in [5, 5.41) is 3.71. The Morgan fingerprint density at radius 1 is 1.53 bits per heavy atom. The predicted molar refractivity (Wildman–Crippen MR) is 60.2 cm³/mol. The first kappa shape index (κ1) is 12.3. The number of aryl methyl sites for hydroxylation is 1. The summed E-state index contributed by atoms with van der Waals surface area (Å²) in [4.78, 5) is 11.5. The minimum Gasteiger partial charge on any atom is -0.296 e. The number of fused-ring (bicyclic) bond motifs is 1. The van der Waals surface area contributed by atoms with E-state index in [0.29, 0.717) is 12.2 Å². The van der Waals surface area contributed by atoms with Crippen molar-refractivity contribution < 1.29 is 12.9 Å². The molecule has 0 saturated heterocycles. The van der Waals surface area contributed by atoms with Crippen molar-refractivity contribution in [3.63, 3.8) is 0 Å². The molecule has 2 heterocycles. The summed E-state index contributed by atoms with van der Waals surface area (Å²) in [6.45, 7) is 0.201. The standard InChI is InChI=1S/C9H15N3O4S/c1-17(14,15)10-6-7-4-2-3-5-8-11-16-9(13)12(7)8/h7,10H,2-6H2,1H3. The van der Waals surface area contributed by atoms with Crippen LogP contribution in [0.4, 0.5) is 0 Å². The molecule has 0 spiro atoms. The highest BCUT2D eigenvalue weighted by atomic mass is 32.2. The molecule has 2 rings (SSSR count). The van der Waals surface area contributed by atoms with E-state index < -0.39 is 15.8 Å². The predicted octanol–water partition coefficient (Wildman–Crippen LogP) is -0.347. The van der Waals surface area contributed by atoms with Crippen LogP contribution in [-0.4, -0.2) is 30.9 Å². The van der Waals surface area contributed by atoms with E-state index in [9.17, 15) is 13.2 Å². The van der Waals surface area contributed by atoms with Gasteiger partial charge in [-0.3, -0.25) is 9.09 Å². The Hall–Kier alpha value is -1.15. The Labute approximate surface area is 98.8 Å². The summed E-state index contributed by atoms with van der Waals surface area (Å²) in [7, 11) is -3.25. The van der Waals surface area contributed by atoms with E-state index in [1.807, 2.05) is 0 Å². The van der Waals surface area contributed by atoms with Crippen LogP contribution in [0.25, 0.3) is 0 Å². The molecule has 0 fully saturated rings. The largest absolute Gasteiger partial charge is 0.441 e. The van der Waals surface area contributed by atoms with Crippen LogP contribution in [0.2, 0.25) is 0 Å². The van der Waals surface area contributed by atoms with Crippen molar-refractivity contribution in [1.82, 2.24) is 14.4 Å². The van der Waals surface area contributed by atoms with Gasteiger partial charge in [-0.25, -0.2) is 17.9 Å². The van der Waals surface area contributed by atoms with Crippen LogP contribution >= 0.6 is 0 Å². The quantitative estimate of drug-likeness (QED) is 0.802. The Morgan fingerprint density at radius 2 is 2.29 bits per heavy atom. The minimum absolute atomic E-state index is 0.201. The SMILES string of the molecule is CS(=O)(=O)NCC1CCCCc2noc(=O)n21. The van der Waals surface area contributed by atoms with Crippen LogP contribution in [0.5, 0.6) is 0 Å². The number of sulfonamides is 1. The molecule has 1 aliphatic rings. The summed E-state index contributed by atoms with van der Waals surface area (Å²) in [5.41, 5.74) is 0. The van der Waals surface area contributed by atoms with Gasteiger partial charge in [0.1, 0.15) is 0 Å². The lowest BCUT2D eigenvalue weighted by atomic mass is 10.1. The third kappa shape index (κ3) is 2.95. The summed E-state index contributed by atoms with van der Waals surface area (Å²) in [5.74, 6) is 0.0926. The van der Waals surface area contributed by atoms with Gasteiger partial charge < -0.3 is 0 Å². The van der Waals surface area contributed by atoms with Crippen LogP contribution in [0, 0.1) is 0 Å². The molecular formula is C9H15N3O4S. The van der Waals surface area contributed by atoms with Gasteiger partial charge in [-0.1, -0.05) is 11.6 Å². The maximum absolute atomic E-state index is 11.5. The average molecular weight is 261 g/mol. The Balaban J connectivity index is 2.22. The van der Waals surface area contributed by atoms with E-state index >= 15 is 0 Å². The Morgan fingerprint density at radius 3 is 3.00 bits per heavy atom. The van der Waals surface area contributed by atoms with Crippen LogP contribution in [0.15, 0.2) is 9.32 Å². The fourth-order valence-corrected chi connectivity index (χ4v) is 2.54. The zero-order valence-corrected chi connectivity index (χ0v) is 10.4. The molecule has 1 atom stereocenters. The Kier molecular flexibility index (Phi) is 3.34. The molecule has 0 aromatic carbocycles. The van der Waals surface area contributed by atoms with E-state index in [1.54, 1.807) is 0 Å². The molecule has 7 nitrogen and oxygen atoms in total. The first-order chi connectivity index (χ1) is 7.97. The van der Waals surface area contributed by atoms with Crippen LogP contribution in [0.1, 0.15) is 31.1 Å². The van der Waals surface area contributed by atoms with Crippen molar-refractivity contribution >= 4 is 10.0 Å². The van der Waals surface area contributed by atoms with Crippen molar-refractivity contribution in [2.45, 2.75) is 31.7 Å². The molecule has 1 N–H and O–H groups in total. The van der Waals surface area contributed by atoms with Crippen LogP contribution in [-0.2, 0) is 16.4 Å². The molecule has 1 aliphatic heterocycles. The van der Waals surface area contributed by atoms with Gasteiger partial charge in [0, 0.05) is 13.0 Å². The van der Waals surface area contributed by atoms with Crippen molar-refractivity contribution in [3.05, 3.63) is 16.4 Å². The third-order valence-electron chi connectivity index (χ3n) is 2.84. The second-order valence-corrected chi connectivity index (χ2v) is 6.09. The summed E-state index contributed by atoms with van der Waals surface area (Å²) in [6.07, 6.45) is 4.42. The number of nitrogens with zero attached hydrogens (tertiary/aromatic N) is 2. The van der Waals surface area contributed by atoms with Crippen molar-refractivity contribution in [1.29, 1.82) is 0 Å². The molecule has 8 heteroatoms. The maximum Gasteiger partial charge on any atom is 0.441 e. The Bertz CT molecular complexity index is 545. The fourth-order valence-electron chi connectivity index (χ4n) is 2.04. The molecule has 0 bridgehead atoms. The lowest BCUT2D eigenvalue weighted by molar-refractivity contribution is 0.352. The number of nitrogens with one attached hydrogen (secondary N) is 1. The number of aromatic nitrogens is 2. The second-order valence-electron chi connectivity index (χ2n) is 4.25. The second kappa shape index (κ2) is 4.61. The van der Waals surface area contributed by atoms with Gasteiger partial charge >= 0.3 is 5.76 Å². The highest BCUT2D eigenvalue weighted by molar-refractivity contribution is 7.88. The molecule has 0 amide bonds. The molecule has 1 aromatic heterocycles. The average Bonchev–Trinajstić information content (AvgIpc) is 2.48. The van der Waals surface area contributed by atoms with E-state index in [0.717, 1.165) is 25.5 Å². The van der Waals surface area contributed by atoms with Gasteiger partial charge in [0.05, 0.1) is 12.3 Å². The number of hydrogen-bond donors (Lipinski definition) is 1. The van der Waals surface area contributed by atoms with Crippen molar-refractivity contribution in [2.24, 2.45) is 0 Å². The van der Waals surface area contributed by atoms with Crippen molar-refractivity contribution in [3.8, 4) is 0 Å². The molecule has 0 radical (unpaired) electrons. The first-order valence-electron chi connectivity index (χ1n) is 5.49. The highest BCUT2D eigenvalue weighted by Gasteiger charge is 2.23. The lowest BCUT2D eigenvalue weighted by Crippen LogP contribution is -2.33. The summed E-state index contributed by atoms with van der Waals surface area (Å²) < 4.78 is 30.6. The molecule has 1 aromatic rings. The van der Waals surface area contributed by atoms with Crippen molar-refractivity contribution in [2.75, 3.05) is 12.8 Å². The van der Waals surface area contributed by atoms with E-state index in [-0.39, 0.29) is 12.6 Å². The van der Waals surface area contributed by atoms with Gasteiger partial charge in [0.15, 0.2) is 5.82 Å². The zero-order valence-electron chi connectivity index (χ0n) is 9.55. The first-order valence-corrected chi connectivity index (χ1v) is 7.38. The van der Waals surface area contributed by atoms with Gasteiger partial charge in [-0.05, 0) is 12.8 Å². The van der Waals surface area contributed by atoms with Gasteiger partial charge in [0.25, 0.3) is 0 Å². The van der Waals surface area contributed by atoms with Gasteiger partial charge in [0.2, 0.25) is 10.0 Å². The molecular weight excluding hydrogens is 246 g/mol. The lowest BCUT2D eigenvalue weighted by Gasteiger charge is -2.15. The number of hydrogen-bond acceptors (Lipinski definition) is 5. The fraction of sp³-hybridized carbons (Fsp3) is 0.778. The highest BCUT2D eigenvalue weighted by Crippen LogP contribution is 2.20. The molecule has 96 valence electrons. The molecule has 17 heavy (non-hydrogen) atoms. The van der Waals surface area contributed by atoms with E-state index in [2.05, 4.69) is 14.4 Å². The maximum atomic E-state index is 11.5. The zero-order chi connectivity index (χ0) is 12.5. The van der Waals surface area contributed by atoms with Gasteiger partial charge in [-0.15, -0.1) is 0 Å².